The van der Waals surface area contributed by atoms with Gasteiger partial charge in [-0.15, -0.1) is 0 Å². The first-order valence-electron chi connectivity index (χ1n) is 5.11. The molecule has 0 saturated carbocycles. The zero-order valence-corrected chi connectivity index (χ0v) is 9.14. The largest absolute Gasteiger partial charge is 0.396 e. The molecule has 0 radical (unpaired) electrons. The molecular weight excluding hydrogens is 210 g/mol. The molecule has 0 unspecified atom stereocenters. The topological polar surface area (TPSA) is 88.3 Å². The van der Waals surface area contributed by atoms with Crippen molar-refractivity contribution in [3.63, 3.8) is 0 Å². The number of aromatic nitrogens is 1. The van der Waals surface area contributed by atoms with Crippen LogP contribution in [0.3, 0.4) is 0 Å². The monoisotopic (exact) mass is 225 g/mol. The first-order valence-corrected chi connectivity index (χ1v) is 5.11. The van der Waals surface area contributed by atoms with Gasteiger partial charge in [-0.05, 0) is 25.3 Å². The molecule has 0 aromatic carbocycles. The standard InChI is InChI=1S/C10H15N3O3/c1-8-6-9(13(15)16)10(12-7-8)11-4-2-3-5-14/h6-7,14H,2-5H2,1H3,(H,11,12). The average Bonchev–Trinajstić information content (AvgIpc) is 2.26. The zero-order chi connectivity index (χ0) is 12.0. The summed E-state index contributed by atoms with van der Waals surface area (Å²) in [6.45, 7) is 2.46. The van der Waals surface area contributed by atoms with Gasteiger partial charge in [0.25, 0.3) is 0 Å². The third kappa shape index (κ3) is 3.47. The minimum absolute atomic E-state index is 0.0102. The number of nitrogens with one attached hydrogen (secondary N) is 1. The third-order valence-electron chi connectivity index (χ3n) is 2.08. The van der Waals surface area contributed by atoms with Crippen LogP contribution in [-0.2, 0) is 0 Å². The summed E-state index contributed by atoms with van der Waals surface area (Å²) >= 11 is 0. The number of hydrogen-bond acceptors (Lipinski definition) is 5. The van der Waals surface area contributed by atoms with Crippen LogP contribution in [0.5, 0.6) is 0 Å². The van der Waals surface area contributed by atoms with Crippen molar-refractivity contribution >= 4 is 11.5 Å². The molecule has 2 N–H and O–H groups in total. The number of nitro groups is 1. The number of anilines is 1. The average molecular weight is 225 g/mol. The fourth-order valence-corrected chi connectivity index (χ4v) is 1.27. The van der Waals surface area contributed by atoms with Crippen molar-refractivity contribution in [2.45, 2.75) is 19.8 Å². The van der Waals surface area contributed by atoms with E-state index < -0.39 is 4.92 Å². The Kier molecular flexibility index (Phi) is 4.65. The molecule has 0 bridgehead atoms. The molecule has 0 saturated heterocycles. The number of aryl methyl sites for hydroxylation is 1. The van der Waals surface area contributed by atoms with Crippen molar-refractivity contribution in [2.24, 2.45) is 0 Å². The number of unbranched alkanes of at least 4 members (excludes halogenated alkanes) is 1. The Morgan fingerprint density at radius 3 is 2.94 bits per heavy atom. The minimum atomic E-state index is -0.450. The van der Waals surface area contributed by atoms with Crippen molar-refractivity contribution in [3.05, 3.63) is 27.9 Å². The lowest BCUT2D eigenvalue weighted by atomic mass is 10.2. The van der Waals surface area contributed by atoms with E-state index >= 15 is 0 Å². The van der Waals surface area contributed by atoms with Gasteiger partial charge in [0.05, 0.1) is 4.92 Å². The van der Waals surface area contributed by atoms with Crippen LogP contribution >= 0.6 is 0 Å². The summed E-state index contributed by atoms with van der Waals surface area (Å²) in [6, 6.07) is 1.49. The molecule has 0 atom stereocenters. The van der Waals surface area contributed by atoms with Gasteiger partial charge < -0.3 is 10.4 Å². The quantitative estimate of drug-likeness (QED) is 0.435. The van der Waals surface area contributed by atoms with E-state index in [1.807, 2.05) is 0 Å². The van der Waals surface area contributed by atoms with Gasteiger partial charge in [-0.2, -0.15) is 0 Å². The van der Waals surface area contributed by atoms with Crippen LogP contribution in [0.2, 0.25) is 0 Å². The molecule has 1 aromatic heterocycles. The molecule has 16 heavy (non-hydrogen) atoms. The number of nitrogens with zero attached hydrogens (tertiary/aromatic N) is 2. The lowest BCUT2D eigenvalue weighted by Gasteiger charge is -2.05. The van der Waals surface area contributed by atoms with Crippen molar-refractivity contribution in [1.29, 1.82) is 0 Å². The number of aliphatic hydroxyl groups is 1. The van der Waals surface area contributed by atoms with Gasteiger partial charge >= 0.3 is 5.69 Å². The van der Waals surface area contributed by atoms with Crippen molar-refractivity contribution in [2.75, 3.05) is 18.5 Å². The molecule has 1 aromatic rings. The SMILES string of the molecule is Cc1cnc(NCCCCO)c([N+](=O)[O-])c1. The van der Waals surface area contributed by atoms with E-state index in [2.05, 4.69) is 10.3 Å². The summed E-state index contributed by atoms with van der Waals surface area (Å²) in [5, 5.41) is 22.2. The fraction of sp³-hybridized carbons (Fsp3) is 0.500. The fourth-order valence-electron chi connectivity index (χ4n) is 1.27. The highest BCUT2D eigenvalue weighted by molar-refractivity contribution is 5.56. The second-order valence-corrected chi connectivity index (χ2v) is 3.50. The number of hydrogen-bond donors (Lipinski definition) is 2. The highest BCUT2D eigenvalue weighted by Crippen LogP contribution is 2.22. The number of aliphatic hydroxyl groups excluding tert-OH is 1. The van der Waals surface area contributed by atoms with Gasteiger partial charge in [0.1, 0.15) is 0 Å². The minimum Gasteiger partial charge on any atom is -0.396 e. The van der Waals surface area contributed by atoms with Crippen molar-refractivity contribution in [3.8, 4) is 0 Å². The third-order valence-corrected chi connectivity index (χ3v) is 2.08. The van der Waals surface area contributed by atoms with Gasteiger partial charge in [-0.1, -0.05) is 0 Å². The van der Waals surface area contributed by atoms with E-state index in [1.54, 1.807) is 13.1 Å². The molecule has 88 valence electrons. The van der Waals surface area contributed by atoms with Gasteiger partial charge in [-0.25, -0.2) is 4.98 Å². The molecule has 0 aliphatic heterocycles. The van der Waals surface area contributed by atoms with Gasteiger partial charge in [-0.3, -0.25) is 10.1 Å². The Morgan fingerprint density at radius 1 is 1.56 bits per heavy atom. The maximum atomic E-state index is 10.7. The Bertz CT molecular complexity index is 368. The molecular formula is C10H15N3O3. The van der Waals surface area contributed by atoms with Gasteiger partial charge in [0.15, 0.2) is 0 Å². The van der Waals surface area contributed by atoms with Crippen LogP contribution in [0.1, 0.15) is 18.4 Å². The predicted molar refractivity (Wildman–Crippen MR) is 60.4 cm³/mol. The first-order chi connectivity index (χ1) is 7.65. The summed E-state index contributed by atoms with van der Waals surface area (Å²) in [6.07, 6.45) is 3.01. The van der Waals surface area contributed by atoms with E-state index in [1.165, 1.54) is 6.07 Å². The molecule has 0 fully saturated rings. The van der Waals surface area contributed by atoms with E-state index in [0.717, 1.165) is 12.0 Å². The smallest absolute Gasteiger partial charge is 0.311 e. The Morgan fingerprint density at radius 2 is 2.31 bits per heavy atom. The molecule has 6 nitrogen and oxygen atoms in total. The molecule has 0 aliphatic carbocycles. The van der Waals surface area contributed by atoms with Gasteiger partial charge in [0, 0.05) is 25.4 Å². The van der Waals surface area contributed by atoms with E-state index in [-0.39, 0.29) is 18.1 Å². The lowest BCUT2D eigenvalue weighted by molar-refractivity contribution is -0.384. The van der Waals surface area contributed by atoms with Gasteiger partial charge in [0.2, 0.25) is 5.82 Å². The summed E-state index contributed by atoms with van der Waals surface area (Å²) in [5.41, 5.74) is 0.747. The van der Waals surface area contributed by atoms with Crippen molar-refractivity contribution in [1.82, 2.24) is 4.98 Å². The molecule has 0 spiro atoms. The van der Waals surface area contributed by atoms with Crippen LogP contribution < -0.4 is 5.32 Å². The summed E-state index contributed by atoms with van der Waals surface area (Å²) in [7, 11) is 0. The highest BCUT2D eigenvalue weighted by atomic mass is 16.6. The number of rotatable bonds is 6. The lowest BCUT2D eigenvalue weighted by Crippen LogP contribution is -2.07. The second kappa shape index (κ2) is 6.02. The Balaban J connectivity index is 2.67. The van der Waals surface area contributed by atoms with Crippen molar-refractivity contribution < 1.29 is 10.0 Å². The van der Waals surface area contributed by atoms with Crippen LogP contribution in [0, 0.1) is 17.0 Å². The molecule has 6 heteroatoms. The highest BCUT2D eigenvalue weighted by Gasteiger charge is 2.14. The van der Waals surface area contributed by atoms with E-state index in [0.29, 0.717) is 13.0 Å². The Hall–Kier alpha value is -1.69. The molecule has 0 amide bonds. The maximum absolute atomic E-state index is 10.7. The van der Waals surface area contributed by atoms with Crippen LogP contribution in [-0.4, -0.2) is 28.2 Å². The number of pyridine rings is 1. The van der Waals surface area contributed by atoms with E-state index in [9.17, 15) is 10.1 Å². The Labute approximate surface area is 93.5 Å². The maximum Gasteiger partial charge on any atom is 0.311 e. The summed E-state index contributed by atoms with van der Waals surface area (Å²) < 4.78 is 0. The van der Waals surface area contributed by atoms with Crippen LogP contribution in [0.4, 0.5) is 11.5 Å². The molecule has 1 rings (SSSR count). The normalized spacial score (nSPS) is 10.1. The molecule has 1 heterocycles. The predicted octanol–water partition coefficient (Wildman–Crippen LogP) is 1.48. The summed E-state index contributed by atoms with van der Waals surface area (Å²) in [5.74, 6) is 0.286. The zero-order valence-electron chi connectivity index (χ0n) is 9.14. The van der Waals surface area contributed by atoms with E-state index in [4.69, 9.17) is 5.11 Å². The van der Waals surface area contributed by atoms with Crippen LogP contribution in [0.25, 0.3) is 0 Å². The first kappa shape index (κ1) is 12.4. The molecule has 0 aliphatic rings. The second-order valence-electron chi connectivity index (χ2n) is 3.50. The van der Waals surface area contributed by atoms with Crippen LogP contribution in [0.15, 0.2) is 12.3 Å². The summed E-state index contributed by atoms with van der Waals surface area (Å²) in [4.78, 5) is 14.3.